The van der Waals surface area contributed by atoms with Crippen molar-refractivity contribution in [1.29, 1.82) is 0 Å². The van der Waals surface area contributed by atoms with Crippen molar-refractivity contribution < 1.29 is 17.3 Å². The number of nitrogens with zero attached hydrogens (tertiary/aromatic N) is 4. The summed E-state index contributed by atoms with van der Waals surface area (Å²) in [5, 5.41) is 11.2. The van der Waals surface area contributed by atoms with E-state index >= 15 is 0 Å². The van der Waals surface area contributed by atoms with E-state index < -0.39 is 16.2 Å². The predicted molar refractivity (Wildman–Crippen MR) is 78.0 cm³/mol. The molecule has 1 atom stereocenters. The molecule has 9 heteroatoms. The molecular weight excluding hydrogens is 308 g/mol. The van der Waals surface area contributed by atoms with E-state index in [1.165, 1.54) is 4.68 Å². The van der Waals surface area contributed by atoms with E-state index in [0.29, 0.717) is 18.9 Å². The molecule has 22 heavy (non-hydrogen) atoms. The summed E-state index contributed by atoms with van der Waals surface area (Å²) < 4.78 is 34.5. The number of rotatable bonds is 8. The quantitative estimate of drug-likeness (QED) is 0.674. The normalized spacial score (nSPS) is 13.2. The van der Waals surface area contributed by atoms with Gasteiger partial charge >= 0.3 is 0 Å². The summed E-state index contributed by atoms with van der Waals surface area (Å²) in [5.74, 6) is 0.320. The third kappa shape index (κ3) is 4.86. The van der Waals surface area contributed by atoms with E-state index in [1.54, 1.807) is 6.92 Å². The number of hydrogen-bond donors (Lipinski definition) is 0. The molecule has 2 aromatic rings. The van der Waals surface area contributed by atoms with Gasteiger partial charge in [0.1, 0.15) is 12.8 Å². The highest BCUT2D eigenvalue weighted by Crippen LogP contribution is 2.20. The first-order chi connectivity index (χ1) is 10.5. The standard InChI is InChI=1S/C13H18N4O4S/c1-3-12(21-22(2,18)19)13-14-15-16-17(13)10-20-9-11-7-5-4-6-8-11/h4-8,12H,3,9-10H2,1-2H3. The summed E-state index contributed by atoms with van der Waals surface area (Å²) >= 11 is 0. The first-order valence-electron chi connectivity index (χ1n) is 6.75. The fourth-order valence-electron chi connectivity index (χ4n) is 1.86. The molecule has 0 aliphatic heterocycles. The lowest BCUT2D eigenvalue weighted by Gasteiger charge is -2.13. The van der Waals surface area contributed by atoms with Crippen LogP contribution >= 0.6 is 0 Å². The Labute approximate surface area is 129 Å². The van der Waals surface area contributed by atoms with Crippen molar-refractivity contribution in [2.45, 2.75) is 32.8 Å². The summed E-state index contributed by atoms with van der Waals surface area (Å²) in [6, 6.07) is 9.67. The molecule has 0 aliphatic rings. The van der Waals surface area contributed by atoms with Gasteiger partial charge in [0.2, 0.25) is 0 Å². The van der Waals surface area contributed by atoms with E-state index in [4.69, 9.17) is 8.92 Å². The molecule has 0 fully saturated rings. The van der Waals surface area contributed by atoms with E-state index in [-0.39, 0.29) is 6.73 Å². The third-order valence-electron chi connectivity index (χ3n) is 2.83. The van der Waals surface area contributed by atoms with Crippen LogP contribution in [0.2, 0.25) is 0 Å². The van der Waals surface area contributed by atoms with Crippen molar-refractivity contribution in [2.75, 3.05) is 6.26 Å². The molecule has 8 nitrogen and oxygen atoms in total. The molecule has 1 unspecified atom stereocenters. The average Bonchev–Trinajstić information content (AvgIpc) is 2.93. The Hall–Kier alpha value is -1.84. The maximum absolute atomic E-state index is 11.3. The van der Waals surface area contributed by atoms with Crippen LogP contribution in [-0.2, 0) is 32.4 Å². The van der Waals surface area contributed by atoms with Crippen LogP contribution in [0.5, 0.6) is 0 Å². The largest absolute Gasteiger partial charge is 0.354 e. The molecule has 2 rings (SSSR count). The van der Waals surface area contributed by atoms with Crippen molar-refractivity contribution in [3.05, 3.63) is 41.7 Å². The smallest absolute Gasteiger partial charge is 0.265 e. The summed E-state index contributed by atoms with van der Waals surface area (Å²) in [4.78, 5) is 0. The van der Waals surface area contributed by atoms with Crippen LogP contribution in [0.25, 0.3) is 0 Å². The predicted octanol–water partition coefficient (Wildman–Crippen LogP) is 1.27. The molecule has 0 radical (unpaired) electrons. The Kier molecular flexibility index (Phi) is 5.58. The van der Waals surface area contributed by atoms with Crippen LogP contribution in [0.4, 0.5) is 0 Å². The Morgan fingerprint density at radius 2 is 2.00 bits per heavy atom. The van der Waals surface area contributed by atoms with Crippen molar-refractivity contribution >= 4 is 10.1 Å². The fraction of sp³-hybridized carbons (Fsp3) is 0.462. The molecular formula is C13H18N4O4S. The average molecular weight is 326 g/mol. The van der Waals surface area contributed by atoms with Gasteiger partial charge in [0.15, 0.2) is 5.82 Å². The second kappa shape index (κ2) is 7.43. The molecule has 1 aromatic carbocycles. The van der Waals surface area contributed by atoms with Crippen LogP contribution in [0.15, 0.2) is 30.3 Å². The van der Waals surface area contributed by atoms with E-state index in [0.717, 1.165) is 11.8 Å². The second-order valence-electron chi connectivity index (χ2n) is 4.70. The number of tetrazole rings is 1. The zero-order chi connectivity index (χ0) is 16.0. The van der Waals surface area contributed by atoms with E-state index in [9.17, 15) is 8.42 Å². The van der Waals surface area contributed by atoms with E-state index in [1.807, 2.05) is 30.3 Å². The van der Waals surface area contributed by atoms with Gasteiger partial charge in [-0.15, -0.1) is 5.10 Å². The number of hydrogen-bond acceptors (Lipinski definition) is 7. The zero-order valence-corrected chi connectivity index (χ0v) is 13.2. The van der Waals surface area contributed by atoms with Crippen LogP contribution < -0.4 is 0 Å². The molecule has 0 amide bonds. The van der Waals surface area contributed by atoms with Crippen LogP contribution in [-0.4, -0.2) is 34.9 Å². The lowest BCUT2D eigenvalue weighted by atomic mass is 10.2. The van der Waals surface area contributed by atoms with Gasteiger partial charge in [-0.2, -0.15) is 8.42 Å². The number of benzene rings is 1. The molecule has 0 saturated carbocycles. The number of ether oxygens (including phenoxy) is 1. The fourth-order valence-corrected chi connectivity index (χ4v) is 2.51. The molecule has 1 aromatic heterocycles. The maximum Gasteiger partial charge on any atom is 0.265 e. The Morgan fingerprint density at radius 3 is 2.64 bits per heavy atom. The minimum absolute atomic E-state index is 0.112. The SMILES string of the molecule is CCC(OS(C)(=O)=O)c1nnnn1COCc1ccccc1. The van der Waals surface area contributed by atoms with Crippen LogP contribution in [0.1, 0.15) is 30.8 Å². The lowest BCUT2D eigenvalue weighted by molar-refractivity contribution is 0.0475. The van der Waals surface area contributed by atoms with Gasteiger partial charge in [-0.25, -0.2) is 4.68 Å². The van der Waals surface area contributed by atoms with Gasteiger partial charge in [0.25, 0.3) is 10.1 Å². The third-order valence-corrected chi connectivity index (χ3v) is 3.42. The highest BCUT2D eigenvalue weighted by Gasteiger charge is 2.22. The van der Waals surface area contributed by atoms with Crippen molar-refractivity contribution in [1.82, 2.24) is 20.2 Å². The highest BCUT2D eigenvalue weighted by molar-refractivity contribution is 7.86. The minimum Gasteiger partial charge on any atom is -0.354 e. The van der Waals surface area contributed by atoms with Gasteiger partial charge in [0, 0.05) is 0 Å². The van der Waals surface area contributed by atoms with Gasteiger partial charge < -0.3 is 4.74 Å². The van der Waals surface area contributed by atoms with Crippen molar-refractivity contribution in [3.63, 3.8) is 0 Å². The van der Waals surface area contributed by atoms with Crippen molar-refractivity contribution in [2.24, 2.45) is 0 Å². The highest BCUT2D eigenvalue weighted by atomic mass is 32.2. The van der Waals surface area contributed by atoms with Gasteiger partial charge in [-0.3, -0.25) is 4.18 Å². The lowest BCUT2D eigenvalue weighted by Crippen LogP contribution is -2.17. The van der Waals surface area contributed by atoms with Gasteiger partial charge in [-0.05, 0) is 22.4 Å². The van der Waals surface area contributed by atoms with Crippen LogP contribution in [0, 0.1) is 0 Å². The summed E-state index contributed by atoms with van der Waals surface area (Å²) in [7, 11) is -3.59. The van der Waals surface area contributed by atoms with Gasteiger partial charge in [-0.1, -0.05) is 37.3 Å². The molecule has 0 saturated heterocycles. The molecule has 120 valence electrons. The number of aromatic nitrogens is 4. The first kappa shape index (κ1) is 16.5. The molecule has 0 aliphatic carbocycles. The van der Waals surface area contributed by atoms with Gasteiger partial charge in [0.05, 0.1) is 12.9 Å². The van der Waals surface area contributed by atoms with Crippen LogP contribution in [0.3, 0.4) is 0 Å². The summed E-state index contributed by atoms with van der Waals surface area (Å²) in [6.45, 7) is 2.31. The topological polar surface area (TPSA) is 96.2 Å². The molecule has 0 spiro atoms. The monoisotopic (exact) mass is 326 g/mol. The Bertz CT molecular complexity index is 687. The Morgan fingerprint density at radius 1 is 1.27 bits per heavy atom. The second-order valence-corrected chi connectivity index (χ2v) is 6.30. The minimum atomic E-state index is -3.59. The molecule has 1 heterocycles. The zero-order valence-electron chi connectivity index (χ0n) is 12.4. The first-order valence-corrected chi connectivity index (χ1v) is 8.57. The summed E-state index contributed by atoms with van der Waals surface area (Å²) in [5.41, 5.74) is 1.02. The van der Waals surface area contributed by atoms with Crippen molar-refractivity contribution in [3.8, 4) is 0 Å². The maximum atomic E-state index is 11.3. The molecule has 0 N–H and O–H groups in total. The molecule has 0 bridgehead atoms. The Balaban J connectivity index is 1.99. The summed E-state index contributed by atoms with van der Waals surface area (Å²) in [6.07, 6.45) is 0.687. The van der Waals surface area contributed by atoms with E-state index in [2.05, 4.69) is 15.5 Å².